The van der Waals surface area contributed by atoms with E-state index in [1.807, 2.05) is 6.92 Å². The Balaban J connectivity index is 2.67. The molecule has 1 aromatic rings. The molecule has 1 heterocycles. The van der Waals surface area contributed by atoms with Crippen molar-refractivity contribution in [1.29, 1.82) is 0 Å². The molecule has 1 unspecified atom stereocenters. The van der Waals surface area contributed by atoms with Crippen molar-refractivity contribution in [3.63, 3.8) is 0 Å². The average molecular weight is 334 g/mol. The SMILES string of the molecule is CCCn1c(SCC(Br)C(F)(F)F)n[nH]c1=O. The zero-order valence-corrected chi connectivity index (χ0v) is 11.3. The first kappa shape index (κ1) is 14.6. The van der Waals surface area contributed by atoms with E-state index in [9.17, 15) is 18.0 Å². The van der Waals surface area contributed by atoms with E-state index in [0.29, 0.717) is 13.0 Å². The molecule has 0 radical (unpaired) electrons. The van der Waals surface area contributed by atoms with Crippen LogP contribution in [0.1, 0.15) is 13.3 Å². The molecule has 1 N–H and O–H groups in total. The fourth-order valence-corrected chi connectivity index (χ4v) is 2.40. The van der Waals surface area contributed by atoms with Crippen LogP contribution in [0.5, 0.6) is 0 Å². The van der Waals surface area contributed by atoms with Crippen LogP contribution in [0.15, 0.2) is 9.95 Å². The summed E-state index contributed by atoms with van der Waals surface area (Å²) in [6.07, 6.45) is -3.58. The number of halogens is 4. The molecule has 0 aliphatic heterocycles. The van der Waals surface area contributed by atoms with Gasteiger partial charge < -0.3 is 0 Å². The lowest BCUT2D eigenvalue weighted by atomic mass is 10.5. The van der Waals surface area contributed by atoms with Gasteiger partial charge in [-0.25, -0.2) is 9.89 Å². The van der Waals surface area contributed by atoms with Crippen molar-refractivity contribution < 1.29 is 13.2 Å². The van der Waals surface area contributed by atoms with Gasteiger partial charge in [0.15, 0.2) is 5.16 Å². The Kier molecular flexibility index (Phi) is 5.11. The van der Waals surface area contributed by atoms with Gasteiger partial charge in [-0.3, -0.25) is 4.57 Å². The van der Waals surface area contributed by atoms with Gasteiger partial charge in [0.1, 0.15) is 4.83 Å². The van der Waals surface area contributed by atoms with E-state index in [4.69, 9.17) is 0 Å². The van der Waals surface area contributed by atoms with Gasteiger partial charge in [0, 0.05) is 12.3 Å². The number of nitrogens with zero attached hydrogens (tertiary/aromatic N) is 2. The molecule has 4 nitrogen and oxygen atoms in total. The molecule has 98 valence electrons. The molecule has 0 saturated heterocycles. The van der Waals surface area contributed by atoms with Crippen molar-refractivity contribution in [2.24, 2.45) is 0 Å². The number of aromatic amines is 1. The van der Waals surface area contributed by atoms with Crippen LogP contribution in [-0.2, 0) is 6.54 Å². The number of thioether (sulfide) groups is 1. The summed E-state index contributed by atoms with van der Waals surface area (Å²) in [6.45, 7) is 2.31. The molecule has 1 aromatic heterocycles. The lowest BCUT2D eigenvalue weighted by Gasteiger charge is -2.12. The van der Waals surface area contributed by atoms with Crippen LogP contribution in [0.3, 0.4) is 0 Å². The second-order valence-electron chi connectivity index (χ2n) is 3.28. The summed E-state index contributed by atoms with van der Waals surface area (Å²) >= 11 is 3.45. The van der Waals surface area contributed by atoms with Gasteiger partial charge in [-0.15, -0.1) is 5.10 Å². The molecule has 1 rings (SSSR count). The monoisotopic (exact) mass is 333 g/mol. The van der Waals surface area contributed by atoms with E-state index in [1.165, 1.54) is 4.57 Å². The third-order valence-electron chi connectivity index (χ3n) is 1.88. The third-order valence-corrected chi connectivity index (χ3v) is 4.23. The normalized spacial score (nSPS) is 13.9. The van der Waals surface area contributed by atoms with Crippen LogP contribution in [0.25, 0.3) is 0 Å². The molecule has 0 fully saturated rings. The zero-order chi connectivity index (χ0) is 13.1. The molecule has 9 heteroatoms. The van der Waals surface area contributed by atoms with Gasteiger partial charge in [-0.1, -0.05) is 34.6 Å². The lowest BCUT2D eigenvalue weighted by Crippen LogP contribution is -2.25. The molecule has 17 heavy (non-hydrogen) atoms. The molecular weight excluding hydrogens is 323 g/mol. The van der Waals surface area contributed by atoms with Gasteiger partial charge in [-0.05, 0) is 6.42 Å². The largest absolute Gasteiger partial charge is 0.402 e. The average Bonchev–Trinajstić information content (AvgIpc) is 2.56. The molecule has 0 amide bonds. The Morgan fingerprint density at radius 2 is 2.24 bits per heavy atom. The Morgan fingerprint density at radius 3 is 2.76 bits per heavy atom. The van der Waals surface area contributed by atoms with Crippen molar-refractivity contribution in [2.75, 3.05) is 5.75 Å². The summed E-state index contributed by atoms with van der Waals surface area (Å²) in [5, 5.41) is 6.20. The van der Waals surface area contributed by atoms with Gasteiger partial charge >= 0.3 is 11.9 Å². The maximum Gasteiger partial charge on any atom is 0.402 e. The van der Waals surface area contributed by atoms with Gasteiger partial charge in [-0.2, -0.15) is 13.2 Å². The molecule has 0 aliphatic rings. The maximum atomic E-state index is 12.2. The number of rotatable bonds is 5. The van der Waals surface area contributed by atoms with E-state index < -0.39 is 16.7 Å². The van der Waals surface area contributed by atoms with Crippen LogP contribution >= 0.6 is 27.7 Å². The van der Waals surface area contributed by atoms with Crippen LogP contribution in [0, 0.1) is 0 Å². The van der Waals surface area contributed by atoms with Crippen molar-refractivity contribution >= 4 is 27.7 Å². The minimum atomic E-state index is -4.29. The second kappa shape index (κ2) is 5.94. The van der Waals surface area contributed by atoms with E-state index in [1.54, 1.807) is 0 Å². The molecule has 0 spiro atoms. The predicted octanol–water partition coefficient (Wildman–Crippen LogP) is 2.40. The quantitative estimate of drug-likeness (QED) is 0.665. The molecule has 0 bridgehead atoms. The minimum absolute atomic E-state index is 0.225. The summed E-state index contributed by atoms with van der Waals surface area (Å²) in [7, 11) is 0. The first-order valence-electron chi connectivity index (χ1n) is 4.85. The zero-order valence-electron chi connectivity index (χ0n) is 8.92. The van der Waals surface area contributed by atoms with E-state index in [2.05, 4.69) is 26.1 Å². The topological polar surface area (TPSA) is 50.7 Å². The number of hydrogen-bond acceptors (Lipinski definition) is 3. The molecule has 1 atom stereocenters. The first-order chi connectivity index (χ1) is 7.86. The van der Waals surface area contributed by atoms with Crippen molar-refractivity contribution in [2.45, 2.75) is 36.0 Å². The number of nitrogens with one attached hydrogen (secondary N) is 1. The Morgan fingerprint density at radius 1 is 1.59 bits per heavy atom. The minimum Gasteiger partial charge on any atom is -0.270 e. The number of aromatic nitrogens is 3. The Hall–Kier alpha value is -0.440. The fraction of sp³-hybridized carbons (Fsp3) is 0.750. The fourth-order valence-electron chi connectivity index (χ4n) is 1.08. The summed E-state index contributed by atoms with van der Waals surface area (Å²) in [5.74, 6) is -0.225. The van der Waals surface area contributed by atoms with E-state index in [-0.39, 0.29) is 10.9 Å². The highest BCUT2D eigenvalue weighted by molar-refractivity contribution is 9.09. The van der Waals surface area contributed by atoms with Crippen molar-refractivity contribution in [1.82, 2.24) is 14.8 Å². The van der Waals surface area contributed by atoms with Gasteiger partial charge in [0.2, 0.25) is 0 Å². The Bertz CT molecular complexity index is 417. The lowest BCUT2D eigenvalue weighted by molar-refractivity contribution is -0.122. The number of alkyl halides is 4. The summed E-state index contributed by atoms with van der Waals surface area (Å²) in [4.78, 5) is 9.66. The highest BCUT2D eigenvalue weighted by Gasteiger charge is 2.37. The second-order valence-corrected chi connectivity index (χ2v) is 5.38. The summed E-state index contributed by atoms with van der Waals surface area (Å²) < 4.78 is 38.1. The summed E-state index contributed by atoms with van der Waals surface area (Å²) in [6, 6.07) is 0. The standard InChI is InChI=1S/C8H11BrF3N3OS/c1-2-3-15-6(16)13-14-7(15)17-4-5(9)8(10,11)12/h5H,2-4H2,1H3,(H,13,16). The van der Waals surface area contributed by atoms with E-state index >= 15 is 0 Å². The van der Waals surface area contributed by atoms with Crippen molar-refractivity contribution in [3.05, 3.63) is 10.5 Å². The van der Waals surface area contributed by atoms with Crippen LogP contribution < -0.4 is 5.69 Å². The predicted molar refractivity (Wildman–Crippen MR) is 62.6 cm³/mol. The van der Waals surface area contributed by atoms with Crippen LogP contribution in [0.2, 0.25) is 0 Å². The molecule has 0 saturated carbocycles. The first-order valence-corrected chi connectivity index (χ1v) is 6.75. The highest BCUT2D eigenvalue weighted by Crippen LogP contribution is 2.30. The van der Waals surface area contributed by atoms with E-state index in [0.717, 1.165) is 11.8 Å². The van der Waals surface area contributed by atoms with Gasteiger partial charge in [0.05, 0.1) is 0 Å². The van der Waals surface area contributed by atoms with Gasteiger partial charge in [0.25, 0.3) is 0 Å². The Labute approximate surface area is 108 Å². The van der Waals surface area contributed by atoms with Crippen LogP contribution in [0.4, 0.5) is 13.2 Å². The van der Waals surface area contributed by atoms with Crippen LogP contribution in [-0.4, -0.2) is 31.5 Å². The maximum absolute atomic E-state index is 12.2. The van der Waals surface area contributed by atoms with Crippen molar-refractivity contribution in [3.8, 4) is 0 Å². The highest BCUT2D eigenvalue weighted by atomic mass is 79.9. The number of H-pyrrole nitrogens is 1. The molecule has 0 aromatic carbocycles. The smallest absolute Gasteiger partial charge is 0.270 e. The molecule has 0 aliphatic carbocycles. The summed E-state index contributed by atoms with van der Waals surface area (Å²) in [5.41, 5.74) is -0.396. The number of hydrogen-bond donors (Lipinski definition) is 1. The molecular formula is C8H11BrF3N3OS. The third kappa shape index (κ3) is 4.06.